The van der Waals surface area contributed by atoms with Gasteiger partial charge in [0.25, 0.3) is 0 Å². The molecule has 0 fully saturated rings. The van der Waals surface area contributed by atoms with Crippen LogP contribution in [-0.4, -0.2) is 31.1 Å². The molecule has 98 valence electrons. The summed E-state index contributed by atoms with van der Waals surface area (Å²) in [5.74, 6) is 1.10. The number of aryl methyl sites for hydroxylation is 1. The number of nitrogens with one attached hydrogen (secondary N) is 1. The third kappa shape index (κ3) is 2.99. The maximum Gasteiger partial charge on any atom is 0.161 e. The minimum absolute atomic E-state index is 0.483. The van der Waals surface area contributed by atoms with E-state index in [-0.39, 0.29) is 0 Å². The fraction of sp³-hybridized carbons (Fsp3) is 0.500. The van der Waals surface area contributed by atoms with Crippen molar-refractivity contribution >= 4 is 28.3 Å². The van der Waals surface area contributed by atoms with Gasteiger partial charge in [-0.1, -0.05) is 24.8 Å². The van der Waals surface area contributed by atoms with Gasteiger partial charge in [-0.25, -0.2) is 0 Å². The molecule has 0 radical (unpaired) electrons. The summed E-state index contributed by atoms with van der Waals surface area (Å²) >= 11 is 1.81. The smallest absolute Gasteiger partial charge is 0.161 e. The number of amidine groups is 1. The molecule has 0 saturated heterocycles. The van der Waals surface area contributed by atoms with E-state index >= 15 is 0 Å². The van der Waals surface area contributed by atoms with Gasteiger partial charge >= 0.3 is 0 Å². The Morgan fingerprint density at radius 1 is 1.44 bits per heavy atom. The quantitative estimate of drug-likeness (QED) is 0.906. The predicted octanol–water partition coefficient (Wildman–Crippen LogP) is 3.35. The standard InChI is InChI=1S/C14H21N3S/c1-5-11-9-18-14(15-11)16-12-7-6-10(2)13(8-12)17(3)4/h6-8,11H,5,9H2,1-4H3,(H,15,16). The van der Waals surface area contributed by atoms with E-state index in [9.17, 15) is 0 Å². The molecule has 1 atom stereocenters. The molecule has 0 aromatic heterocycles. The van der Waals surface area contributed by atoms with E-state index in [0.717, 1.165) is 23.0 Å². The van der Waals surface area contributed by atoms with Crippen molar-refractivity contribution in [1.29, 1.82) is 0 Å². The van der Waals surface area contributed by atoms with Gasteiger partial charge in [0.2, 0.25) is 0 Å². The lowest BCUT2D eigenvalue weighted by molar-refractivity contribution is 0.738. The van der Waals surface area contributed by atoms with Crippen molar-refractivity contribution in [3.05, 3.63) is 23.8 Å². The van der Waals surface area contributed by atoms with Gasteiger partial charge in [-0.15, -0.1) is 0 Å². The molecule has 4 heteroatoms. The summed E-state index contributed by atoms with van der Waals surface area (Å²) in [7, 11) is 4.14. The Morgan fingerprint density at radius 2 is 2.22 bits per heavy atom. The van der Waals surface area contributed by atoms with Crippen LogP contribution in [0.25, 0.3) is 0 Å². The van der Waals surface area contributed by atoms with Gasteiger partial charge in [0.1, 0.15) is 0 Å². The second-order valence-corrected chi connectivity index (χ2v) is 5.84. The highest BCUT2D eigenvalue weighted by Gasteiger charge is 2.16. The average Bonchev–Trinajstić information content (AvgIpc) is 2.79. The molecule has 1 aromatic carbocycles. The number of aliphatic imine (C=N–C) groups is 1. The Kier molecular flexibility index (Phi) is 4.17. The lowest BCUT2D eigenvalue weighted by Gasteiger charge is -2.17. The van der Waals surface area contributed by atoms with Gasteiger partial charge in [0.15, 0.2) is 5.17 Å². The second-order valence-electron chi connectivity index (χ2n) is 4.83. The Bertz CT molecular complexity index is 454. The summed E-state index contributed by atoms with van der Waals surface area (Å²) in [6.07, 6.45) is 1.12. The van der Waals surface area contributed by atoms with Crippen molar-refractivity contribution in [1.82, 2.24) is 0 Å². The van der Waals surface area contributed by atoms with Gasteiger partial charge in [0.05, 0.1) is 6.04 Å². The van der Waals surface area contributed by atoms with Crippen LogP contribution >= 0.6 is 11.8 Å². The monoisotopic (exact) mass is 263 g/mol. The maximum absolute atomic E-state index is 4.65. The van der Waals surface area contributed by atoms with Crippen molar-refractivity contribution in [3.8, 4) is 0 Å². The molecule has 18 heavy (non-hydrogen) atoms. The van der Waals surface area contributed by atoms with Crippen LogP contribution in [0, 0.1) is 6.92 Å². The molecule has 0 amide bonds. The molecule has 0 aliphatic carbocycles. The van der Waals surface area contributed by atoms with Crippen LogP contribution in [0.15, 0.2) is 23.2 Å². The van der Waals surface area contributed by atoms with Crippen molar-refractivity contribution in [2.75, 3.05) is 30.1 Å². The molecular formula is C14H21N3S. The van der Waals surface area contributed by atoms with E-state index in [2.05, 4.69) is 61.4 Å². The second kappa shape index (κ2) is 5.65. The highest BCUT2D eigenvalue weighted by Crippen LogP contribution is 2.26. The third-order valence-corrected chi connectivity index (χ3v) is 4.16. The van der Waals surface area contributed by atoms with E-state index in [1.807, 2.05) is 11.8 Å². The first-order valence-corrected chi connectivity index (χ1v) is 7.34. The fourth-order valence-electron chi connectivity index (χ4n) is 1.99. The number of hydrogen-bond acceptors (Lipinski definition) is 4. The molecule has 0 bridgehead atoms. The zero-order chi connectivity index (χ0) is 13.1. The Hall–Kier alpha value is -1.16. The number of benzene rings is 1. The Morgan fingerprint density at radius 3 is 2.83 bits per heavy atom. The van der Waals surface area contributed by atoms with E-state index in [1.165, 1.54) is 11.3 Å². The van der Waals surface area contributed by atoms with Crippen LogP contribution in [0.5, 0.6) is 0 Å². The van der Waals surface area contributed by atoms with Gasteiger partial charge < -0.3 is 10.2 Å². The molecule has 1 N–H and O–H groups in total. The summed E-state index contributed by atoms with van der Waals surface area (Å²) < 4.78 is 0. The van der Waals surface area contributed by atoms with Crippen LogP contribution in [0.1, 0.15) is 18.9 Å². The fourth-order valence-corrected chi connectivity index (χ4v) is 3.06. The van der Waals surface area contributed by atoms with Gasteiger partial charge in [-0.05, 0) is 31.0 Å². The summed E-state index contributed by atoms with van der Waals surface area (Å²) in [6.45, 7) is 4.32. The molecule has 1 aliphatic heterocycles. The summed E-state index contributed by atoms with van der Waals surface area (Å²) in [5.41, 5.74) is 3.65. The van der Waals surface area contributed by atoms with E-state index in [0.29, 0.717) is 6.04 Å². The topological polar surface area (TPSA) is 27.6 Å². The lowest BCUT2D eigenvalue weighted by Crippen LogP contribution is -2.12. The Balaban J connectivity index is 2.13. The van der Waals surface area contributed by atoms with Crippen LogP contribution in [0.3, 0.4) is 0 Å². The summed E-state index contributed by atoms with van der Waals surface area (Å²) in [5, 5.41) is 4.47. The summed E-state index contributed by atoms with van der Waals surface area (Å²) in [4.78, 5) is 6.79. The van der Waals surface area contributed by atoms with E-state index < -0.39 is 0 Å². The normalized spacial score (nSPS) is 18.7. The first-order chi connectivity index (χ1) is 8.60. The van der Waals surface area contributed by atoms with Gasteiger partial charge in [-0.3, -0.25) is 4.99 Å². The van der Waals surface area contributed by atoms with Crippen molar-refractivity contribution < 1.29 is 0 Å². The Labute approximate surface area is 114 Å². The first kappa shape index (κ1) is 13.3. The largest absolute Gasteiger partial charge is 0.377 e. The van der Waals surface area contributed by atoms with Crippen molar-refractivity contribution in [3.63, 3.8) is 0 Å². The lowest BCUT2D eigenvalue weighted by atomic mass is 10.1. The molecule has 1 aromatic rings. The number of rotatable bonds is 3. The molecule has 0 saturated carbocycles. The third-order valence-electron chi connectivity index (χ3n) is 3.13. The zero-order valence-corrected chi connectivity index (χ0v) is 12.3. The molecule has 1 aliphatic rings. The number of hydrogen-bond donors (Lipinski definition) is 1. The number of anilines is 2. The van der Waals surface area contributed by atoms with E-state index in [1.54, 1.807) is 0 Å². The van der Waals surface area contributed by atoms with Crippen molar-refractivity contribution in [2.24, 2.45) is 4.99 Å². The molecule has 1 heterocycles. The molecule has 2 rings (SSSR count). The van der Waals surface area contributed by atoms with Crippen LogP contribution in [-0.2, 0) is 0 Å². The number of nitrogens with zero attached hydrogens (tertiary/aromatic N) is 2. The maximum atomic E-state index is 4.65. The minimum Gasteiger partial charge on any atom is -0.377 e. The van der Waals surface area contributed by atoms with E-state index in [4.69, 9.17) is 0 Å². The zero-order valence-electron chi connectivity index (χ0n) is 11.5. The van der Waals surface area contributed by atoms with Crippen molar-refractivity contribution in [2.45, 2.75) is 26.3 Å². The van der Waals surface area contributed by atoms with Crippen LogP contribution < -0.4 is 10.2 Å². The van der Waals surface area contributed by atoms with Crippen LogP contribution in [0.4, 0.5) is 11.4 Å². The van der Waals surface area contributed by atoms with Gasteiger partial charge in [-0.2, -0.15) is 0 Å². The van der Waals surface area contributed by atoms with Gasteiger partial charge in [0, 0.05) is 31.2 Å². The molecule has 1 unspecified atom stereocenters. The molecular weight excluding hydrogens is 242 g/mol. The average molecular weight is 263 g/mol. The first-order valence-electron chi connectivity index (χ1n) is 6.35. The SMILES string of the molecule is CCC1CSC(Nc2ccc(C)c(N(C)C)c2)=N1. The highest BCUT2D eigenvalue weighted by molar-refractivity contribution is 8.14. The number of thioether (sulfide) groups is 1. The predicted molar refractivity (Wildman–Crippen MR) is 83.1 cm³/mol. The van der Waals surface area contributed by atoms with Crippen LogP contribution in [0.2, 0.25) is 0 Å². The summed E-state index contributed by atoms with van der Waals surface area (Å²) in [6, 6.07) is 6.92. The molecule has 0 spiro atoms. The highest BCUT2D eigenvalue weighted by atomic mass is 32.2. The minimum atomic E-state index is 0.483. The molecule has 3 nitrogen and oxygen atoms in total.